The number of amides is 1. The summed E-state index contributed by atoms with van der Waals surface area (Å²) >= 11 is 1.90. The summed E-state index contributed by atoms with van der Waals surface area (Å²) < 4.78 is 26.7. The molecule has 0 unspecified atom stereocenters. The molecule has 0 aromatic heterocycles. The highest BCUT2D eigenvalue weighted by molar-refractivity contribution is 14.1. The van der Waals surface area contributed by atoms with E-state index in [2.05, 4.69) is 0 Å². The van der Waals surface area contributed by atoms with Crippen molar-refractivity contribution < 1.29 is 13.6 Å². The van der Waals surface area contributed by atoms with E-state index in [0.29, 0.717) is 14.8 Å². The van der Waals surface area contributed by atoms with Crippen molar-refractivity contribution in [3.05, 3.63) is 63.2 Å². The van der Waals surface area contributed by atoms with E-state index in [1.54, 1.807) is 13.1 Å². The molecule has 19 heavy (non-hydrogen) atoms. The fourth-order valence-electron chi connectivity index (χ4n) is 1.65. The van der Waals surface area contributed by atoms with Crippen molar-refractivity contribution in [1.29, 1.82) is 0 Å². The molecular formula is C14H10F2INO. The van der Waals surface area contributed by atoms with Gasteiger partial charge in [0.1, 0.15) is 11.6 Å². The van der Waals surface area contributed by atoms with Crippen LogP contribution < -0.4 is 4.90 Å². The van der Waals surface area contributed by atoms with Gasteiger partial charge >= 0.3 is 0 Å². The van der Waals surface area contributed by atoms with Crippen LogP contribution in [0.25, 0.3) is 0 Å². The lowest BCUT2D eigenvalue weighted by Gasteiger charge is -2.18. The number of benzene rings is 2. The molecule has 2 rings (SSSR count). The minimum absolute atomic E-state index is 0.310. The summed E-state index contributed by atoms with van der Waals surface area (Å²) in [6.45, 7) is 0. The average molecular weight is 373 g/mol. The Morgan fingerprint density at radius 3 is 2.42 bits per heavy atom. The van der Waals surface area contributed by atoms with Crippen LogP contribution in [0.5, 0.6) is 0 Å². The standard InChI is InChI=1S/C14H10F2INO/c1-18(11-4-2-3-9(15)7-11)14(19)12-6-5-10(16)8-13(12)17/h2-8H,1H3. The molecule has 0 fully saturated rings. The summed E-state index contributed by atoms with van der Waals surface area (Å²) in [5.74, 6) is -1.12. The molecule has 0 bridgehead atoms. The molecule has 2 aromatic rings. The van der Waals surface area contributed by atoms with Gasteiger partial charge in [-0.3, -0.25) is 4.79 Å². The Morgan fingerprint density at radius 1 is 1.11 bits per heavy atom. The number of rotatable bonds is 2. The third-order valence-corrected chi connectivity index (χ3v) is 3.55. The quantitative estimate of drug-likeness (QED) is 0.733. The SMILES string of the molecule is CN(C(=O)c1ccc(F)cc1I)c1cccc(F)c1. The van der Waals surface area contributed by atoms with Crippen LogP contribution in [0.3, 0.4) is 0 Å². The highest BCUT2D eigenvalue weighted by Gasteiger charge is 2.16. The van der Waals surface area contributed by atoms with Gasteiger partial charge in [0, 0.05) is 16.3 Å². The number of anilines is 1. The van der Waals surface area contributed by atoms with Crippen molar-refractivity contribution in [2.75, 3.05) is 11.9 Å². The Labute approximate surface area is 123 Å². The van der Waals surface area contributed by atoms with Crippen molar-refractivity contribution in [3.63, 3.8) is 0 Å². The highest BCUT2D eigenvalue weighted by Crippen LogP contribution is 2.20. The summed E-state index contributed by atoms with van der Waals surface area (Å²) in [5, 5.41) is 0. The second-order valence-electron chi connectivity index (χ2n) is 3.97. The molecule has 0 radical (unpaired) electrons. The third kappa shape index (κ3) is 3.09. The molecule has 5 heteroatoms. The lowest BCUT2D eigenvalue weighted by Crippen LogP contribution is -2.27. The zero-order valence-corrected chi connectivity index (χ0v) is 12.2. The van der Waals surface area contributed by atoms with E-state index in [1.165, 1.54) is 41.3 Å². The number of hydrogen-bond donors (Lipinski definition) is 0. The number of carbonyl (C=O) groups excluding carboxylic acids is 1. The fourth-order valence-corrected chi connectivity index (χ4v) is 2.35. The van der Waals surface area contributed by atoms with Gasteiger partial charge in [-0.2, -0.15) is 0 Å². The van der Waals surface area contributed by atoms with Crippen LogP contribution >= 0.6 is 22.6 Å². The zero-order valence-electron chi connectivity index (χ0n) is 10.0. The third-order valence-electron chi connectivity index (χ3n) is 2.66. The Morgan fingerprint density at radius 2 is 1.79 bits per heavy atom. The van der Waals surface area contributed by atoms with Gasteiger partial charge in [-0.05, 0) is 59.0 Å². The number of hydrogen-bond acceptors (Lipinski definition) is 1. The van der Waals surface area contributed by atoms with Gasteiger partial charge in [-0.1, -0.05) is 6.07 Å². The number of halogens is 3. The minimum Gasteiger partial charge on any atom is -0.311 e. The lowest BCUT2D eigenvalue weighted by molar-refractivity contribution is 0.0992. The van der Waals surface area contributed by atoms with E-state index in [1.807, 2.05) is 22.6 Å². The Bertz CT molecular complexity index is 631. The van der Waals surface area contributed by atoms with Crippen LogP contribution in [0.1, 0.15) is 10.4 Å². The monoisotopic (exact) mass is 373 g/mol. The molecule has 2 aromatic carbocycles. The Kier molecular flexibility index (Phi) is 4.14. The molecule has 2 nitrogen and oxygen atoms in total. The average Bonchev–Trinajstić information content (AvgIpc) is 2.37. The van der Waals surface area contributed by atoms with Gasteiger partial charge in [-0.25, -0.2) is 8.78 Å². The first kappa shape index (κ1) is 13.9. The molecule has 0 heterocycles. The molecule has 98 valence electrons. The maximum atomic E-state index is 13.1. The molecule has 0 spiro atoms. The van der Waals surface area contributed by atoms with Crippen molar-refractivity contribution >= 4 is 34.2 Å². The van der Waals surface area contributed by atoms with Crippen molar-refractivity contribution in [2.24, 2.45) is 0 Å². The van der Waals surface area contributed by atoms with Gasteiger partial charge in [-0.15, -0.1) is 0 Å². The van der Waals surface area contributed by atoms with Gasteiger partial charge in [0.15, 0.2) is 0 Å². The highest BCUT2D eigenvalue weighted by atomic mass is 127. The molecule has 0 saturated heterocycles. The second kappa shape index (κ2) is 5.64. The normalized spacial score (nSPS) is 10.3. The van der Waals surface area contributed by atoms with Gasteiger partial charge in [0.05, 0.1) is 5.56 Å². The van der Waals surface area contributed by atoms with Crippen molar-refractivity contribution in [1.82, 2.24) is 0 Å². The fraction of sp³-hybridized carbons (Fsp3) is 0.0714. The van der Waals surface area contributed by atoms with Gasteiger partial charge in [0.2, 0.25) is 0 Å². The summed E-state index contributed by atoms with van der Waals surface area (Å²) in [6, 6.07) is 9.69. The van der Waals surface area contributed by atoms with E-state index < -0.39 is 11.6 Å². The van der Waals surface area contributed by atoms with Crippen molar-refractivity contribution in [3.8, 4) is 0 Å². The Balaban J connectivity index is 2.33. The molecular weight excluding hydrogens is 363 g/mol. The zero-order chi connectivity index (χ0) is 14.0. The van der Waals surface area contributed by atoms with E-state index >= 15 is 0 Å². The maximum Gasteiger partial charge on any atom is 0.259 e. The number of carbonyl (C=O) groups is 1. The van der Waals surface area contributed by atoms with Crippen LogP contribution in [-0.4, -0.2) is 13.0 Å². The molecule has 1 amide bonds. The lowest BCUT2D eigenvalue weighted by atomic mass is 10.2. The summed E-state index contributed by atoms with van der Waals surface area (Å²) in [5.41, 5.74) is 0.832. The predicted molar refractivity (Wildman–Crippen MR) is 78.3 cm³/mol. The first-order valence-corrected chi connectivity index (χ1v) is 6.55. The number of nitrogens with zero attached hydrogens (tertiary/aromatic N) is 1. The first-order valence-electron chi connectivity index (χ1n) is 5.47. The second-order valence-corrected chi connectivity index (χ2v) is 5.13. The molecule has 0 aliphatic carbocycles. The summed E-state index contributed by atoms with van der Waals surface area (Å²) in [7, 11) is 1.55. The minimum atomic E-state index is -0.411. The maximum absolute atomic E-state index is 13.1. The summed E-state index contributed by atoms with van der Waals surface area (Å²) in [6.07, 6.45) is 0. The van der Waals surface area contributed by atoms with Crippen LogP contribution in [0, 0.1) is 15.2 Å². The first-order chi connectivity index (χ1) is 8.99. The molecule has 0 atom stereocenters. The van der Waals surface area contributed by atoms with Gasteiger partial charge < -0.3 is 4.90 Å². The molecule has 0 aliphatic rings. The van der Waals surface area contributed by atoms with E-state index in [0.717, 1.165) is 0 Å². The van der Waals surface area contributed by atoms with Crippen LogP contribution in [0.15, 0.2) is 42.5 Å². The van der Waals surface area contributed by atoms with E-state index in [-0.39, 0.29) is 5.91 Å². The van der Waals surface area contributed by atoms with Crippen LogP contribution in [-0.2, 0) is 0 Å². The van der Waals surface area contributed by atoms with Crippen LogP contribution in [0.4, 0.5) is 14.5 Å². The van der Waals surface area contributed by atoms with Crippen molar-refractivity contribution in [2.45, 2.75) is 0 Å². The predicted octanol–water partition coefficient (Wildman–Crippen LogP) is 3.85. The van der Waals surface area contributed by atoms with E-state index in [4.69, 9.17) is 0 Å². The van der Waals surface area contributed by atoms with Crippen LogP contribution in [0.2, 0.25) is 0 Å². The van der Waals surface area contributed by atoms with Gasteiger partial charge in [0.25, 0.3) is 5.91 Å². The Hall–Kier alpha value is -1.50. The largest absolute Gasteiger partial charge is 0.311 e. The molecule has 0 N–H and O–H groups in total. The van der Waals surface area contributed by atoms with E-state index in [9.17, 15) is 13.6 Å². The molecule has 0 saturated carbocycles. The topological polar surface area (TPSA) is 20.3 Å². The summed E-state index contributed by atoms with van der Waals surface area (Å²) in [4.78, 5) is 13.6. The smallest absolute Gasteiger partial charge is 0.259 e. The molecule has 0 aliphatic heterocycles.